The van der Waals surface area contributed by atoms with Crippen LogP contribution in [0.15, 0.2) is 11.4 Å². The lowest BCUT2D eigenvalue weighted by molar-refractivity contribution is -0.0671. The fourth-order valence-electron chi connectivity index (χ4n) is 2.45. The van der Waals surface area contributed by atoms with Gasteiger partial charge in [0.1, 0.15) is 5.15 Å². The molecule has 120 valence electrons. The molecule has 7 nitrogen and oxygen atoms in total. The summed E-state index contributed by atoms with van der Waals surface area (Å²) in [5.41, 5.74) is 0. The summed E-state index contributed by atoms with van der Waals surface area (Å²) in [6, 6.07) is 0. The minimum Gasteiger partial charge on any atom is -0.373 e. The van der Waals surface area contributed by atoms with Crippen molar-refractivity contribution < 1.29 is 13.2 Å². The van der Waals surface area contributed by atoms with E-state index in [1.807, 2.05) is 13.8 Å². The fourth-order valence-corrected chi connectivity index (χ4v) is 3.89. The highest BCUT2D eigenvalue weighted by Crippen LogP contribution is 2.18. The Hall–Kier alpha value is -0.670. The van der Waals surface area contributed by atoms with Crippen LogP contribution < -0.4 is 4.72 Å². The third-order valence-corrected chi connectivity index (χ3v) is 5.25. The molecule has 0 aromatic carbocycles. The van der Waals surface area contributed by atoms with Crippen LogP contribution in [-0.4, -0.2) is 61.3 Å². The highest BCUT2D eigenvalue weighted by Gasteiger charge is 2.24. The molecule has 0 amide bonds. The van der Waals surface area contributed by atoms with Crippen molar-refractivity contribution in [1.29, 1.82) is 0 Å². The smallest absolute Gasteiger partial charge is 0.261 e. The van der Waals surface area contributed by atoms with Gasteiger partial charge in [0, 0.05) is 33.2 Å². The van der Waals surface area contributed by atoms with Gasteiger partial charge in [-0.25, -0.2) is 18.1 Å². The first kappa shape index (κ1) is 16.7. The van der Waals surface area contributed by atoms with Crippen LogP contribution in [0, 0.1) is 0 Å². The van der Waals surface area contributed by atoms with Gasteiger partial charge >= 0.3 is 0 Å². The molecule has 0 unspecified atom stereocenters. The number of morpholine rings is 1. The number of nitrogens with one attached hydrogen (secondary N) is 1. The van der Waals surface area contributed by atoms with E-state index in [2.05, 4.69) is 14.6 Å². The quantitative estimate of drug-likeness (QED) is 0.845. The number of nitrogens with zero attached hydrogens (tertiary/aromatic N) is 3. The summed E-state index contributed by atoms with van der Waals surface area (Å²) in [6.07, 6.45) is 1.70. The highest BCUT2D eigenvalue weighted by atomic mass is 35.5. The van der Waals surface area contributed by atoms with E-state index in [0.717, 1.165) is 13.1 Å². The molecule has 1 aromatic rings. The van der Waals surface area contributed by atoms with Gasteiger partial charge in [-0.1, -0.05) is 11.6 Å². The van der Waals surface area contributed by atoms with Gasteiger partial charge in [0.2, 0.25) is 5.03 Å². The number of sulfonamides is 1. The molecule has 1 saturated heterocycles. The lowest BCUT2D eigenvalue weighted by atomic mass is 10.2. The van der Waals surface area contributed by atoms with Crippen molar-refractivity contribution in [3.8, 4) is 0 Å². The fraction of sp³-hybridized carbons (Fsp3) is 0.750. The molecule has 2 rings (SSSR count). The van der Waals surface area contributed by atoms with E-state index < -0.39 is 10.0 Å². The van der Waals surface area contributed by atoms with E-state index >= 15 is 0 Å². The molecular formula is C12H21ClN4O3S. The molecule has 0 radical (unpaired) electrons. The Kier molecular flexibility index (Phi) is 5.26. The van der Waals surface area contributed by atoms with Gasteiger partial charge in [-0.05, 0) is 13.8 Å². The first-order valence-corrected chi connectivity index (χ1v) is 8.70. The Bertz CT molecular complexity index is 579. The molecular weight excluding hydrogens is 316 g/mol. The Morgan fingerprint density at radius 1 is 1.43 bits per heavy atom. The molecule has 0 spiro atoms. The van der Waals surface area contributed by atoms with Gasteiger partial charge in [-0.2, -0.15) is 0 Å². The molecule has 2 heterocycles. The predicted octanol–water partition coefficient (Wildman–Crippen LogP) is 0.461. The summed E-state index contributed by atoms with van der Waals surface area (Å²) >= 11 is 5.91. The van der Waals surface area contributed by atoms with Gasteiger partial charge < -0.3 is 9.30 Å². The van der Waals surface area contributed by atoms with Crippen molar-refractivity contribution in [1.82, 2.24) is 19.2 Å². The molecule has 9 heteroatoms. The van der Waals surface area contributed by atoms with E-state index in [-0.39, 0.29) is 22.4 Å². The van der Waals surface area contributed by atoms with E-state index in [0.29, 0.717) is 13.1 Å². The zero-order valence-corrected chi connectivity index (χ0v) is 14.0. The first-order chi connectivity index (χ1) is 9.79. The first-order valence-electron chi connectivity index (χ1n) is 6.84. The number of halogens is 1. The van der Waals surface area contributed by atoms with Crippen LogP contribution in [0.4, 0.5) is 0 Å². The Balaban J connectivity index is 1.89. The second kappa shape index (κ2) is 6.62. The Morgan fingerprint density at radius 2 is 2.05 bits per heavy atom. The van der Waals surface area contributed by atoms with Crippen molar-refractivity contribution in [3.05, 3.63) is 11.5 Å². The van der Waals surface area contributed by atoms with Gasteiger partial charge in [-0.15, -0.1) is 0 Å². The van der Waals surface area contributed by atoms with Crippen molar-refractivity contribution >= 4 is 21.6 Å². The lowest BCUT2D eigenvalue weighted by Crippen LogP contribution is -2.47. The van der Waals surface area contributed by atoms with Crippen LogP contribution in [0.5, 0.6) is 0 Å². The summed E-state index contributed by atoms with van der Waals surface area (Å²) in [6.45, 7) is 6.57. The van der Waals surface area contributed by atoms with Crippen molar-refractivity contribution in [2.45, 2.75) is 31.1 Å². The maximum Gasteiger partial charge on any atom is 0.261 e. The third kappa shape index (κ3) is 4.17. The van der Waals surface area contributed by atoms with E-state index in [1.165, 1.54) is 10.9 Å². The third-order valence-electron chi connectivity index (χ3n) is 3.30. The molecule has 1 fully saturated rings. The maximum atomic E-state index is 12.1. The number of imidazole rings is 1. The highest BCUT2D eigenvalue weighted by molar-refractivity contribution is 7.89. The second-order valence-corrected chi connectivity index (χ2v) is 7.41. The minimum absolute atomic E-state index is 0.108. The van der Waals surface area contributed by atoms with Gasteiger partial charge in [0.15, 0.2) is 0 Å². The summed E-state index contributed by atoms with van der Waals surface area (Å²) in [4.78, 5) is 6.01. The second-order valence-electron chi connectivity index (χ2n) is 5.37. The van der Waals surface area contributed by atoms with Crippen LogP contribution in [0.2, 0.25) is 5.15 Å². The zero-order chi connectivity index (χ0) is 15.6. The Morgan fingerprint density at radius 3 is 2.57 bits per heavy atom. The van der Waals surface area contributed by atoms with Gasteiger partial charge in [-0.3, -0.25) is 4.90 Å². The molecule has 0 aliphatic carbocycles. The van der Waals surface area contributed by atoms with Gasteiger partial charge in [0.05, 0.1) is 18.5 Å². The average Bonchev–Trinajstić information content (AvgIpc) is 2.69. The summed E-state index contributed by atoms with van der Waals surface area (Å²) in [5.74, 6) is 0. The van der Waals surface area contributed by atoms with E-state index in [4.69, 9.17) is 16.3 Å². The van der Waals surface area contributed by atoms with Crippen molar-refractivity contribution in [2.75, 3.05) is 26.2 Å². The largest absolute Gasteiger partial charge is 0.373 e. The topological polar surface area (TPSA) is 76.5 Å². The molecule has 1 aliphatic heterocycles. The average molecular weight is 337 g/mol. The molecule has 21 heavy (non-hydrogen) atoms. The lowest BCUT2D eigenvalue weighted by Gasteiger charge is -2.35. The van der Waals surface area contributed by atoms with Crippen molar-refractivity contribution in [3.63, 3.8) is 0 Å². The number of hydrogen-bond donors (Lipinski definition) is 1. The molecule has 0 bridgehead atoms. The molecule has 1 aliphatic rings. The van der Waals surface area contributed by atoms with Crippen LogP contribution in [0.1, 0.15) is 13.8 Å². The number of hydrogen-bond acceptors (Lipinski definition) is 5. The molecule has 1 N–H and O–H groups in total. The number of aromatic nitrogens is 2. The van der Waals surface area contributed by atoms with E-state index in [9.17, 15) is 8.42 Å². The minimum atomic E-state index is -3.67. The Labute approximate surface area is 130 Å². The van der Waals surface area contributed by atoms with Crippen molar-refractivity contribution in [2.24, 2.45) is 7.05 Å². The summed E-state index contributed by atoms with van der Waals surface area (Å²) in [5, 5.41) is -0.0218. The normalized spacial score (nSPS) is 24.4. The maximum absolute atomic E-state index is 12.1. The van der Waals surface area contributed by atoms with E-state index in [1.54, 1.807) is 7.05 Å². The zero-order valence-electron chi connectivity index (χ0n) is 12.4. The van der Waals surface area contributed by atoms with Crippen LogP contribution in [0.25, 0.3) is 0 Å². The summed E-state index contributed by atoms with van der Waals surface area (Å²) < 4.78 is 33.9. The number of rotatable bonds is 5. The predicted molar refractivity (Wildman–Crippen MR) is 79.9 cm³/mol. The van der Waals surface area contributed by atoms with Gasteiger partial charge in [0.25, 0.3) is 10.0 Å². The van der Waals surface area contributed by atoms with Crippen LogP contribution in [-0.2, 0) is 21.8 Å². The number of ether oxygens (including phenoxy) is 1. The standard InChI is InChI=1S/C12H21ClN4O3S/c1-9-6-17(7-10(2)20-9)5-4-15-21(18,19)12-11(13)16(3)8-14-12/h8-10,15H,4-7H2,1-3H3/t9-,10-/m0/s1. The van der Waals surface area contributed by atoms with Crippen LogP contribution >= 0.6 is 11.6 Å². The number of aryl methyl sites for hydroxylation is 1. The molecule has 1 aromatic heterocycles. The SMILES string of the molecule is C[C@H]1CN(CCNS(=O)(=O)c2ncn(C)c2Cl)C[C@H](C)O1. The monoisotopic (exact) mass is 336 g/mol. The molecule has 0 saturated carbocycles. The van der Waals surface area contributed by atoms with Crippen LogP contribution in [0.3, 0.4) is 0 Å². The summed E-state index contributed by atoms with van der Waals surface area (Å²) in [7, 11) is -2.03. The molecule has 2 atom stereocenters.